The van der Waals surface area contributed by atoms with E-state index < -0.39 is 0 Å². The molecule has 31 heavy (non-hydrogen) atoms. The minimum absolute atomic E-state index is 0.169. The Hall–Kier alpha value is -3.12. The first-order valence-corrected chi connectivity index (χ1v) is 11.6. The van der Waals surface area contributed by atoms with Gasteiger partial charge in [-0.25, -0.2) is 0 Å². The summed E-state index contributed by atoms with van der Waals surface area (Å²) in [5.41, 5.74) is 9.74. The first-order valence-electron chi connectivity index (χ1n) is 11.6. The summed E-state index contributed by atoms with van der Waals surface area (Å²) in [5, 5.41) is 0. The van der Waals surface area contributed by atoms with Crippen LogP contribution >= 0.6 is 0 Å². The van der Waals surface area contributed by atoms with Crippen LogP contribution in [0.1, 0.15) is 61.3 Å². The van der Waals surface area contributed by atoms with Crippen LogP contribution in [0.3, 0.4) is 0 Å². The van der Waals surface area contributed by atoms with Gasteiger partial charge in [-0.15, -0.1) is 0 Å². The Morgan fingerprint density at radius 3 is 2.45 bits per heavy atom. The van der Waals surface area contributed by atoms with Gasteiger partial charge in [-0.1, -0.05) is 123 Å². The first-order chi connectivity index (χ1) is 15.2. The number of allylic oxidation sites excluding steroid dienone is 6. The maximum Gasteiger partial charge on any atom is 0.0503 e. The molecule has 0 aliphatic heterocycles. The molecule has 2 aliphatic carbocycles. The zero-order chi connectivity index (χ0) is 21.3. The van der Waals surface area contributed by atoms with Crippen LogP contribution in [-0.4, -0.2) is 0 Å². The van der Waals surface area contributed by atoms with Gasteiger partial charge < -0.3 is 0 Å². The predicted octanol–water partition coefficient (Wildman–Crippen LogP) is 8.35. The molecular weight excluding hydrogens is 372 g/mol. The molecule has 0 amide bonds. The Morgan fingerprint density at radius 1 is 0.839 bits per heavy atom. The summed E-state index contributed by atoms with van der Waals surface area (Å²) in [5.74, 6) is 0.559. The molecule has 154 valence electrons. The van der Waals surface area contributed by atoms with Crippen molar-refractivity contribution in [3.8, 4) is 11.1 Å². The Labute approximate surface area is 186 Å². The highest BCUT2D eigenvalue weighted by Gasteiger charge is 2.44. The maximum atomic E-state index is 2.51. The molecule has 0 fully saturated rings. The summed E-state index contributed by atoms with van der Waals surface area (Å²) in [7, 11) is 0. The van der Waals surface area contributed by atoms with E-state index in [9.17, 15) is 0 Å². The molecule has 3 aromatic rings. The lowest BCUT2D eigenvalue weighted by molar-refractivity contribution is 0.628. The van der Waals surface area contributed by atoms with Crippen LogP contribution in [0.25, 0.3) is 11.1 Å². The van der Waals surface area contributed by atoms with Gasteiger partial charge in [0.15, 0.2) is 0 Å². The fraction of sp³-hybridized carbons (Fsp3) is 0.226. The molecule has 0 spiro atoms. The molecule has 0 nitrogen and oxygen atoms in total. The molecule has 0 saturated heterocycles. The van der Waals surface area contributed by atoms with Gasteiger partial charge in [-0.2, -0.15) is 0 Å². The van der Waals surface area contributed by atoms with Gasteiger partial charge in [0.05, 0.1) is 5.41 Å². The zero-order valence-corrected chi connectivity index (χ0v) is 18.5. The van der Waals surface area contributed by atoms with Crippen molar-refractivity contribution in [2.24, 2.45) is 0 Å². The molecule has 5 rings (SSSR count). The number of hydrogen-bond acceptors (Lipinski definition) is 0. The van der Waals surface area contributed by atoms with Crippen molar-refractivity contribution in [1.29, 1.82) is 0 Å². The van der Waals surface area contributed by atoms with E-state index in [-0.39, 0.29) is 5.41 Å². The predicted molar refractivity (Wildman–Crippen MR) is 133 cm³/mol. The molecule has 2 atom stereocenters. The highest BCUT2D eigenvalue weighted by molar-refractivity contribution is 5.84. The van der Waals surface area contributed by atoms with Crippen molar-refractivity contribution in [2.45, 2.75) is 44.4 Å². The van der Waals surface area contributed by atoms with E-state index in [1.807, 2.05) is 0 Å². The highest BCUT2D eigenvalue weighted by Crippen LogP contribution is 2.56. The number of hydrogen-bond donors (Lipinski definition) is 0. The van der Waals surface area contributed by atoms with E-state index in [1.165, 1.54) is 39.0 Å². The average molecular weight is 403 g/mol. The quantitative estimate of drug-likeness (QED) is 0.402. The third-order valence-corrected chi connectivity index (χ3v) is 7.17. The van der Waals surface area contributed by atoms with Crippen molar-refractivity contribution in [3.63, 3.8) is 0 Å². The molecule has 0 saturated carbocycles. The summed E-state index contributed by atoms with van der Waals surface area (Å²) in [6, 6.07) is 27.4. The Bertz CT molecular complexity index is 1180. The van der Waals surface area contributed by atoms with E-state index in [1.54, 1.807) is 0 Å². The van der Waals surface area contributed by atoms with Gasteiger partial charge in [0, 0.05) is 0 Å². The Morgan fingerprint density at radius 2 is 1.61 bits per heavy atom. The van der Waals surface area contributed by atoms with Gasteiger partial charge in [-0.05, 0) is 58.6 Å². The summed E-state index contributed by atoms with van der Waals surface area (Å²) < 4.78 is 0. The van der Waals surface area contributed by atoms with Crippen molar-refractivity contribution < 1.29 is 0 Å². The summed E-state index contributed by atoms with van der Waals surface area (Å²) in [6.45, 7) is 4.63. The molecule has 3 aromatic carbocycles. The van der Waals surface area contributed by atoms with E-state index in [4.69, 9.17) is 0 Å². The monoisotopic (exact) mass is 402 g/mol. The second-order valence-electron chi connectivity index (χ2n) is 8.91. The summed E-state index contributed by atoms with van der Waals surface area (Å²) >= 11 is 0. The number of benzene rings is 3. The lowest BCUT2D eigenvalue weighted by atomic mass is 9.68. The van der Waals surface area contributed by atoms with Crippen molar-refractivity contribution >= 4 is 0 Å². The van der Waals surface area contributed by atoms with Crippen LogP contribution in [-0.2, 0) is 5.41 Å². The van der Waals surface area contributed by atoms with Gasteiger partial charge in [-0.3, -0.25) is 0 Å². The first kappa shape index (κ1) is 19.8. The normalized spacial score (nSPS) is 20.0. The molecule has 0 aromatic heterocycles. The van der Waals surface area contributed by atoms with Crippen molar-refractivity contribution in [1.82, 2.24) is 0 Å². The zero-order valence-electron chi connectivity index (χ0n) is 18.5. The Kier molecular flexibility index (Phi) is 5.24. The van der Waals surface area contributed by atoms with Crippen LogP contribution < -0.4 is 0 Å². The summed E-state index contributed by atoms with van der Waals surface area (Å²) in [4.78, 5) is 0. The maximum absolute atomic E-state index is 2.51. The van der Waals surface area contributed by atoms with Crippen LogP contribution in [0.2, 0.25) is 0 Å². The largest absolute Gasteiger partial charge is 0.0807 e. The fourth-order valence-electron chi connectivity index (χ4n) is 5.31. The minimum Gasteiger partial charge on any atom is -0.0807 e. The molecule has 0 bridgehead atoms. The van der Waals surface area contributed by atoms with Gasteiger partial charge in [0.25, 0.3) is 0 Å². The van der Waals surface area contributed by atoms with E-state index in [0.717, 1.165) is 19.3 Å². The molecular formula is C31H30. The van der Waals surface area contributed by atoms with Crippen LogP contribution in [0.4, 0.5) is 0 Å². The average Bonchev–Trinajstić information content (AvgIpc) is 2.95. The van der Waals surface area contributed by atoms with Crippen molar-refractivity contribution in [3.05, 3.63) is 131 Å². The lowest BCUT2D eigenvalue weighted by Crippen LogP contribution is -2.27. The number of fused-ring (bicyclic) bond motifs is 3. The molecule has 2 aliphatic rings. The van der Waals surface area contributed by atoms with Crippen LogP contribution in [0.5, 0.6) is 0 Å². The third-order valence-electron chi connectivity index (χ3n) is 7.17. The molecule has 0 N–H and O–H groups in total. The SMILES string of the molecule is CCC(C)c1ccc2c(c1)C(CC1=CCC=CC=C1)(c1ccccc1)c1ccccc1-2. The van der Waals surface area contributed by atoms with E-state index >= 15 is 0 Å². The summed E-state index contributed by atoms with van der Waals surface area (Å²) in [6.07, 6.45) is 14.4. The second-order valence-corrected chi connectivity index (χ2v) is 8.91. The fourth-order valence-corrected chi connectivity index (χ4v) is 5.31. The van der Waals surface area contributed by atoms with Gasteiger partial charge >= 0.3 is 0 Å². The third kappa shape index (κ3) is 3.31. The lowest BCUT2D eigenvalue weighted by Gasteiger charge is -2.34. The number of rotatable bonds is 5. The van der Waals surface area contributed by atoms with E-state index in [0.29, 0.717) is 5.92 Å². The molecule has 0 heteroatoms. The smallest absolute Gasteiger partial charge is 0.0503 e. The second kappa shape index (κ2) is 8.19. The van der Waals surface area contributed by atoms with Gasteiger partial charge in [0.1, 0.15) is 0 Å². The van der Waals surface area contributed by atoms with Gasteiger partial charge in [0.2, 0.25) is 0 Å². The van der Waals surface area contributed by atoms with E-state index in [2.05, 4.69) is 117 Å². The Balaban J connectivity index is 1.80. The highest BCUT2D eigenvalue weighted by atomic mass is 14.5. The molecule has 0 heterocycles. The topological polar surface area (TPSA) is 0 Å². The standard InChI is InChI=1S/C31H30/c1-3-23(2)25-19-20-28-27-17-11-12-18-29(27)31(30(28)21-25,26-15-9-6-10-16-26)22-24-13-7-4-5-8-14-24/h4-7,9-21,23H,3,8,22H2,1-2H3. The molecule has 0 radical (unpaired) electrons. The van der Waals surface area contributed by atoms with Crippen LogP contribution in [0, 0.1) is 0 Å². The molecule has 2 unspecified atom stereocenters. The van der Waals surface area contributed by atoms with Crippen molar-refractivity contribution in [2.75, 3.05) is 0 Å². The minimum atomic E-state index is -0.169. The van der Waals surface area contributed by atoms with Crippen LogP contribution in [0.15, 0.2) is 109 Å².